The van der Waals surface area contributed by atoms with Crippen LogP contribution in [0.4, 0.5) is 8.78 Å². The fourth-order valence-electron chi connectivity index (χ4n) is 1.76. The Labute approximate surface area is 115 Å². The first-order chi connectivity index (χ1) is 9.70. The van der Waals surface area contributed by atoms with Crippen LogP contribution in [0.2, 0.25) is 0 Å². The molecule has 2 rings (SSSR count). The Morgan fingerprint density at radius 2 is 2.20 bits per heavy atom. The molecule has 2 aromatic rings. The number of aromatic nitrogens is 3. The predicted octanol–water partition coefficient (Wildman–Crippen LogP) is 1.34. The van der Waals surface area contributed by atoms with Crippen LogP contribution in [-0.2, 0) is 17.8 Å². The highest BCUT2D eigenvalue weighted by atomic mass is 19.1. The monoisotopic (exact) mass is 282 g/mol. The number of rotatable bonds is 7. The number of methoxy groups -OCH3 is 1. The van der Waals surface area contributed by atoms with Crippen molar-refractivity contribution < 1.29 is 13.5 Å². The first-order valence-corrected chi connectivity index (χ1v) is 6.21. The number of hydrogen-bond donors (Lipinski definition) is 1. The van der Waals surface area contributed by atoms with Gasteiger partial charge in [-0.15, -0.1) is 0 Å². The lowest BCUT2D eigenvalue weighted by molar-refractivity contribution is 0.198. The van der Waals surface area contributed by atoms with Crippen LogP contribution in [0.3, 0.4) is 0 Å². The number of benzene rings is 1. The number of nitrogens with one attached hydrogen (secondary N) is 1. The summed E-state index contributed by atoms with van der Waals surface area (Å²) in [5.41, 5.74) is 0.244. The molecule has 0 aliphatic heterocycles. The molecule has 7 heteroatoms. The van der Waals surface area contributed by atoms with Gasteiger partial charge in [0.15, 0.2) is 0 Å². The minimum absolute atomic E-state index is 0.144. The van der Waals surface area contributed by atoms with E-state index in [1.54, 1.807) is 7.11 Å². The molecule has 108 valence electrons. The van der Waals surface area contributed by atoms with E-state index < -0.39 is 11.6 Å². The van der Waals surface area contributed by atoms with Crippen molar-refractivity contribution in [1.82, 2.24) is 20.1 Å². The average Bonchev–Trinajstić information content (AvgIpc) is 2.86. The summed E-state index contributed by atoms with van der Waals surface area (Å²) in [6.45, 7) is 1.90. The first kappa shape index (κ1) is 14.5. The SMILES string of the molecule is COCCNCc1ncnn1Cc1cc(F)ccc1F. The highest BCUT2D eigenvalue weighted by molar-refractivity contribution is 5.19. The highest BCUT2D eigenvalue weighted by Crippen LogP contribution is 2.11. The molecular weight excluding hydrogens is 266 g/mol. The number of nitrogens with zero attached hydrogens (tertiary/aromatic N) is 3. The van der Waals surface area contributed by atoms with E-state index in [0.717, 1.165) is 12.1 Å². The van der Waals surface area contributed by atoms with Crippen LogP contribution in [-0.4, -0.2) is 35.0 Å². The third-order valence-corrected chi connectivity index (χ3v) is 2.79. The van der Waals surface area contributed by atoms with Gasteiger partial charge < -0.3 is 10.1 Å². The normalized spacial score (nSPS) is 10.9. The van der Waals surface area contributed by atoms with Crippen molar-refractivity contribution in [3.05, 3.63) is 47.5 Å². The van der Waals surface area contributed by atoms with Crippen molar-refractivity contribution in [2.75, 3.05) is 20.3 Å². The predicted molar refractivity (Wildman–Crippen MR) is 69.1 cm³/mol. The van der Waals surface area contributed by atoms with Gasteiger partial charge >= 0.3 is 0 Å². The summed E-state index contributed by atoms with van der Waals surface area (Å²) in [6.07, 6.45) is 1.39. The summed E-state index contributed by atoms with van der Waals surface area (Å²) in [4.78, 5) is 4.09. The lowest BCUT2D eigenvalue weighted by Gasteiger charge is -2.08. The molecule has 20 heavy (non-hydrogen) atoms. The molecule has 0 aliphatic carbocycles. The van der Waals surface area contributed by atoms with Crippen LogP contribution >= 0.6 is 0 Å². The van der Waals surface area contributed by atoms with Crippen LogP contribution in [0.25, 0.3) is 0 Å². The second kappa shape index (κ2) is 7.06. The smallest absolute Gasteiger partial charge is 0.141 e. The van der Waals surface area contributed by atoms with Gasteiger partial charge in [0.1, 0.15) is 23.8 Å². The molecule has 1 N–H and O–H groups in total. The van der Waals surface area contributed by atoms with Crippen LogP contribution < -0.4 is 5.32 Å². The quantitative estimate of drug-likeness (QED) is 0.779. The Balaban J connectivity index is 2.02. The molecule has 0 saturated carbocycles. The van der Waals surface area contributed by atoms with Crippen molar-refractivity contribution in [3.63, 3.8) is 0 Å². The van der Waals surface area contributed by atoms with Crippen LogP contribution in [0.5, 0.6) is 0 Å². The third kappa shape index (κ3) is 3.82. The van der Waals surface area contributed by atoms with Crippen molar-refractivity contribution in [2.45, 2.75) is 13.1 Å². The van der Waals surface area contributed by atoms with Crippen molar-refractivity contribution in [3.8, 4) is 0 Å². The van der Waals surface area contributed by atoms with E-state index in [0.29, 0.717) is 25.5 Å². The number of halogens is 2. The number of hydrogen-bond acceptors (Lipinski definition) is 4. The van der Waals surface area contributed by atoms with Crippen molar-refractivity contribution >= 4 is 0 Å². The third-order valence-electron chi connectivity index (χ3n) is 2.79. The molecule has 0 saturated heterocycles. The van der Waals surface area contributed by atoms with Gasteiger partial charge in [-0.1, -0.05) is 0 Å². The zero-order valence-electron chi connectivity index (χ0n) is 11.1. The number of ether oxygens (including phenoxy) is 1. The zero-order chi connectivity index (χ0) is 14.4. The minimum Gasteiger partial charge on any atom is -0.383 e. The molecule has 1 heterocycles. The molecule has 0 amide bonds. The van der Waals surface area contributed by atoms with E-state index in [4.69, 9.17) is 4.74 Å². The maximum Gasteiger partial charge on any atom is 0.141 e. The zero-order valence-corrected chi connectivity index (χ0v) is 11.1. The second-order valence-electron chi connectivity index (χ2n) is 4.24. The average molecular weight is 282 g/mol. The van der Waals surface area contributed by atoms with E-state index in [-0.39, 0.29) is 12.1 Å². The second-order valence-corrected chi connectivity index (χ2v) is 4.24. The minimum atomic E-state index is -0.471. The Hall–Kier alpha value is -1.86. The van der Waals surface area contributed by atoms with Crippen LogP contribution in [0.1, 0.15) is 11.4 Å². The molecule has 0 unspecified atom stereocenters. The molecule has 0 atom stereocenters. The molecule has 0 fully saturated rings. The Morgan fingerprint density at radius 1 is 1.35 bits per heavy atom. The molecule has 0 radical (unpaired) electrons. The molecule has 0 spiro atoms. The van der Waals surface area contributed by atoms with Crippen LogP contribution in [0.15, 0.2) is 24.5 Å². The lowest BCUT2D eigenvalue weighted by Crippen LogP contribution is -2.21. The Bertz CT molecular complexity index is 559. The fraction of sp³-hybridized carbons (Fsp3) is 0.385. The van der Waals surface area contributed by atoms with Gasteiger partial charge in [0.25, 0.3) is 0 Å². The van der Waals surface area contributed by atoms with E-state index >= 15 is 0 Å². The molecular formula is C13H16F2N4O. The molecule has 0 bridgehead atoms. The first-order valence-electron chi connectivity index (χ1n) is 6.21. The van der Waals surface area contributed by atoms with Crippen molar-refractivity contribution in [1.29, 1.82) is 0 Å². The Kier molecular flexibility index (Phi) is 5.14. The van der Waals surface area contributed by atoms with Gasteiger partial charge in [-0.3, -0.25) is 0 Å². The molecule has 5 nitrogen and oxygen atoms in total. The maximum absolute atomic E-state index is 13.6. The Morgan fingerprint density at radius 3 is 3.00 bits per heavy atom. The van der Waals surface area contributed by atoms with Gasteiger partial charge in [0.2, 0.25) is 0 Å². The maximum atomic E-state index is 13.6. The summed E-state index contributed by atoms with van der Waals surface area (Å²) < 4.78 is 33.2. The summed E-state index contributed by atoms with van der Waals surface area (Å²) in [5.74, 6) is -0.272. The standard InChI is InChI=1S/C13H16F2N4O/c1-20-5-4-16-7-13-17-9-18-19(13)8-10-6-11(14)2-3-12(10)15/h2-3,6,9,16H,4-5,7-8H2,1H3. The fourth-order valence-corrected chi connectivity index (χ4v) is 1.76. The van der Waals surface area contributed by atoms with Gasteiger partial charge in [-0.2, -0.15) is 5.10 Å². The largest absolute Gasteiger partial charge is 0.383 e. The highest BCUT2D eigenvalue weighted by Gasteiger charge is 2.09. The molecule has 1 aromatic carbocycles. The van der Waals surface area contributed by atoms with Gasteiger partial charge in [-0.05, 0) is 18.2 Å². The van der Waals surface area contributed by atoms with E-state index in [2.05, 4.69) is 15.4 Å². The van der Waals surface area contributed by atoms with E-state index in [1.807, 2.05) is 0 Å². The van der Waals surface area contributed by atoms with Crippen LogP contribution in [0, 0.1) is 11.6 Å². The summed E-state index contributed by atoms with van der Waals surface area (Å²) in [7, 11) is 1.62. The van der Waals surface area contributed by atoms with Gasteiger partial charge in [-0.25, -0.2) is 18.4 Å². The molecule has 0 aliphatic rings. The summed E-state index contributed by atoms with van der Waals surface area (Å²) >= 11 is 0. The van der Waals surface area contributed by atoms with Gasteiger partial charge in [0.05, 0.1) is 19.7 Å². The van der Waals surface area contributed by atoms with E-state index in [9.17, 15) is 8.78 Å². The summed E-state index contributed by atoms with van der Waals surface area (Å²) in [5, 5.41) is 7.15. The lowest BCUT2D eigenvalue weighted by atomic mass is 10.2. The molecule has 1 aromatic heterocycles. The summed E-state index contributed by atoms with van der Waals surface area (Å²) in [6, 6.07) is 3.37. The topological polar surface area (TPSA) is 52.0 Å². The van der Waals surface area contributed by atoms with Gasteiger partial charge in [0, 0.05) is 19.2 Å². The van der Waals surface area contributed by atoms with Crippen molar-refractivity contribution in [2.24, 2.45) is 0 Å². The van der Waals surface area contributed by atoms with E-state index in [1.165, 1.54) is 17.1 Å².